The molecule has 0 unspecified atom stereocenters. The van der Waals surface area contributed by atoms with Crippen molar-refractivity contribution < 1.29 is 0 Å². The molecule has 0 bridgehead atoms. The molecule has 0 atom stereocenters. The molecule has 0 saturated carbocycles. The van der Waals surface area contributed by atoms with Gasteiger partial charge in [-0.1, -0.05) is 31.8 Å². The third-order valence-electron chi connectivity index (χ3n) is 1.13. The first-order chi connectivity index (χ1) is 4.76. The molecule has 0 aromatic heterocycles. The van der Waals surface area contributed by atoms with E-state index >= 15 is 0 Å². The molecule has 0 radical (unpaired) electrons. The molecule has 0 fully saturated rings. The molecule has 0 aliphatic heterocycles. The van der Waals surface area contributed by atoms with Crippen LogP contribution < -0.4 is 0 Å². The lowest BCUT2D eigenvalue weighted by molar-refractivity contribution is 1.18. The molecule has 0 aromatic rings. The smallest absolute Gasteiger partial charge is 0.0968 e. The van der Waals surface area contributed by atoms with E-state index in [0.717, 1.165) is 17.0 Å². The summed E-state index contributed by atoms with van der Waals surface area (Å²) in [5.74, 6) is 0. The van der Waals surface area contributed by atoms with Gasteiger partial charge in [0.05, 0.1) is 5.04 Å². The molecule has 0 heterocycles. The molecule has 1 nitrogen and oxygen atoms in total. The Hall–Kier alpha value is -0.500. The second-order valence-corrected chi connectivity index (χ2v) is 2.73. The topological polar surface area (TPSA) is 12.4 Å². The molecular weight excluding hydrogens is 142 g/mol. The zero-order chi connectivity index (χ0) is 7.98. The predicted octanol–water partition coefficient (Wildman–Crippen LogP) is 2.86. The summed E-state index contributed by atoms with van der Waals surface area (Å²) in [4.78, 5) is 4.06. The van der Waals surface area contributed by atoms with Crippen LogP contribution in [0.3, 0.4) is 0 Å². The average Bonchev–Trinajstić information content (AvgIpc) is 1.99. The summed E-state index contributed by atoms with van der Waals surface area (Å²) < 4.78 is 0. The molecule has 0 rings (SSSR count). The standard InChI is InChI=1S/C8H13NS/c1-5-7(3)8(9-4)10-6-2/h6H,2-3,5H2,1,4H3. The molecule has 0 spiro atoms. The second-order valence-electron chi connectivity index (χ2n) is 1.77. The Labute approximate surface area is 66.9 Å². The lowest BCUT2D eigenvalue weighted by Crippen LogP contribution is -1.92. The lowest BCUT2D eigenvalue weighted by Gasteiger charge is -2.01. The normalized spacial score (nSPS) is 11.2. The number of hydrogen-bond acceptors (Lipinski definition) is 2. The molecule has 0 N–H and O–H groups in total. The fraction of sp³-hybridized carbons (Fsp3) is 0.375. The van der Waals surface area contributed by atoms with Crippen molar-refractivity contribution in [3.63, 3.8) is 0 Å². The van der Waals surface area contributed by atoms with Crippen LogP contribution in [0.4, 0.5) is 0 Å². The number of hydrogen-bond donors (Lipinski definition) is 0. The molecule has 0 aliphatic rings. The highest BCUT2D eigenvalue weighted by molar-refractivity contribution is 8.16. The van der Waals surface area contributed by atoms with E-state index in [-0.39, 0.29) is 0 Å². The maximum Gasteiger partial charge on any atom is 0.0968 e. The molecule has 0 aromatic carbocycles. The van der Waals surface area contributed by atoms with Crippen molar-refractivity contribution in [3.8, 4) is 0 Å². The number of aliphatic imine (C=N–C) groups is 1. The lowest BCUT2D eigenvalue weighted by atomic mass is 10.2. The van der Waals surface area contributed by atoms with Crippen LogP contribution in [-0.2, 0) is 0 Å². The van der Waals surface area contributed by atoms with E-state index in [4.69, 9.17) is 0 Å². The Morgan fingerprint density at radius 2 is 2.30 bits per heavy atom. The minimum atomic E-state index is 0.952. The zero-order valence-electron chi connectivity index (χ0n) is 6.55. The van der Waals surface area contributed by atoms with E-state index in [0.29, 0.717) is 0 Å². The Bertz CT molecular complexity index is 159. The van der Waals surface area contributed by atoms with Crippen LogP contribution in [0.2, 0.25) is 0 Å². The summed E-state index contributed by atoms with van der Waals surface area (Å²) >= 11 is 1.52. The maximum atomic E-state index is 4.06. The molecule has 0 amide bonds. The summed E-state index contributed by atoms with van der Waals surface area (Å²) in [7, 11) is 1.77. The van der Waals surface area contributed by atoms with E-state index in [1.54, 1.807) is 12.5 Å². The van der Waals surface area contributed by atoms with Crippen molar-refractivity contribution in [2.75, 3.05) is 7.05 Å². The highest BCUT2D eigenvalue weighted by Crippen LogP contribution is 2.13. The van der Waals surface area contributed by atoms with Crippen LogP contribution >= 0.6 is 11.8 Å². The molecule has 2 heteroatoms. The molecule has 10 heavy (non-hydrogen) atoms. The Morgan fingerprint density at radius 3 is 2.60 bits per heavy atom. The van der Waals surface area contributed by atoms with Gasteiger partial charge in [-0.05, 0) is 17.4 Å². The molecule has 0 aliphatic carbocycles. The van der Waals surface area contributed by atoms with Gasteiger partial charge in [0, 0.05) is 7.05 Å². The van der Waals surface area contributed by atoms with Crippen LogP contribution in [0.1, 0.15) is 13.3 Å². The first kappa shape index (κ1) is 9.50. The van der Waals surface area contributed by atoms with Gasteiger partial charge in [0.15, 0.2) is 0 Å². The SMILES string of the molecule is C=CSC(=NC)C(=C)CC. The summed E-state index contributed by atoms with van der Waals surface area (Å²) in [6, 6.07) is 0. The summed E-state index contributed by atoms with van der Waals surface area (Å²) in [5, 5.41) is 2.75. The van der Waals surface area contributed by atoms with Gasteiger partial charge in [-0.25, -0.2) is 0 Å². The summed E-state index contributed by atoms with van der Waals surface area (Å²) in [6.07, 6.45) is 0.952. The fourth-order valence-corrected chi connectivity index (χ4v) is 1.10. The fourth-order valence-electron chi connectivity index (χ4n) is 0.524. The highest BCUT2D eigenvalue weighted by Gasteiger charge is 1.98. The highest BCUT2D eigenvalue weighted by atomic mass is 32.2. The number of nitrogens with zero attached hydrogens (tertiary/aromatic N) is 1. The van der Waals surface area contributed by atoms with Gasteiger partial charge in [0.1, 0.15) is 0 Å². The third-order valence-corrected chi connectivity index (χ3v) is 1.99. The van der Waals surface area contributed by atoms with Gasteiger partial charge in [0.25, 0.3) is 0 Å². The van der Waals surface area contributed by atoms with Crippen LogP contribution in [0.25, 0.3) is 0 Å². The van der Waals surface area contributed by atoms with E-state index in [1.165, 1.54) is 11.8 Å². The second kappa shape index (κ2) is 5.30. The van der Waals surface area contributed by atoms with Crippen LogP contribution in [0.5, 0.6) is 0 Å². The van der Waals surface area contributed by atoms with E-state index < -0.39 is 0 Å². The van der Waals surface area contributed by atoms with Crippen LogP contribution in [0.15, 0.2) is 29.1 Å². The van der Waals surface area contributed by atoms with Gasteiger partial charge in [-0.15, -0.1) is 0 Å². The van der Waals surface area contributed by atoms with Gasteiger partial charge < -0.3 is 0 Å². The molecule has 0 saturated heterocycles. The molecular formula is C8H13NS. The van der Waals surface area contributed by atoms with Crippen molar-refractivity contribution in [1.29, 1.82) is 0 Å². The van der Waals surface area contributed by atoms with E-state index in [1.807, 2.05) is 0 Å². The maximum absolute atomic E-state index is 4.06. The first-order valence-corrected chi connectivity index (χ1v) is 4.06. The summed E-state index contributed by atoms with van der Waals surface area (Å²) in [6.45, 7) is 9.54. The Kier molecular flexibility index (Phi) is 5.03. The van der Waals surface area contributed by atoms with Gasteiger partial charge in [-0.2, -0.15) is 0 Å². The van der Waals surface area contributed by atoms with Crippen molar-refractivity contribution in [3.05, 3.63) is 24.1 Å². The largest absolute Gasteiger partial charge is 0.281 e. The van der Waals surface area contributed by atoms with E-state index in [2.05, 4.69) is 25.1 Å². The number of rotatable bonds is 3. The van der Waals surface area contributed by atoms with Gasteiger partial charge in [0.2, 0.25) is 0 Å². The van der Waals surface area contributed by atoms with Crippen molar-refractivity contribution >= 4 is 16.8 Å². The average molecular weight is 155 g/mol. The van der Waals surface area contributed by atoms with Crippen LogP contribution in [-0.4, -0.2) is 12.1 Å². The van der Waals surface area contributed by atoms with Gasteiger partial charge in [-0.3, -0.25) is 4.99 Å². The van der Waals surface area contributed by atoms with Crippen molar-refractivity contribution in [2.45, 2.75) is 13.3 Å². The van der Waals surface area contributed by atoms with E-state index in [9.17, 15) is 0 Å². The first-order valence-electron chi connectivity index (χ1n) is 3.18. The predicted molar refractivity (Wildman–Crippen MR) is 50.6 cm³/mol. The van der Waals surface area contributed by atoms with Crippen LogP contribution in [0, 0.1) is 0 Å². The zero-order valence-corrected chi connectivity index (χ0v) is 7.37. The minimum absolute atomic E-state index is 0.952. The van der Waals surface area contributed by atoms with Crippen molar-refractivity contribution in [1.82, 2.24) is 0 Å². The third kappa shape index (κ3) is 2.87. The monoisotopic (exact) mass is 155 g/mol. The number of thioether (sulfide) groups is 1. The minimum Gasteiger partial charge on any atom is -0.281 e. The van der Waals surface area contributed by atoms with Gasteiger partial charge >= 0.3 is 0 Å². The Balaban J connectivity index is 4.08. The molecule has 56 valence electrons. The Morgan fingerprint density at radius 1 is 1.70 bits per heavy atom. The van der Waals surface area contributed by atoms with Crippen molar-refractivity contribution in [2.24, 2.45) is 4.99 Å². The summed E-state index contributed by atoms with van der Waals surface area (Å²) in [5.41, 5.74) is 1.08. The quantitative estimate of drug-likeness (QED) is 0.451.